The summed E-state index contributed by atoms with van der Waals surface area (Å²) in [5.41, 5.74) is 5.35. The number of benzene rings is 1. The van der Waals surface area contributed by atoms with Crippen molar-refractivity contribution in [2.75, 3.05) is 6.26 Å². The monoisotopic (exact) mass is 261 g/mol. The predicted molar refractivity (Wildman–Crippen MR) is 59.3 cm³/mol. The smallest absolute Gasteiger partial charge is 0.175 e. The van der Waals surface area contributed by atoms with Crippen LogP contribution in [-0.2, 0) is 16.3 Å². The highest BCUT2D eigenvalue weighted by Gasteiger charge is 2.39. The van der Waals surface area contributed by atoms with Gasteiger partial charge in [0.15, 0.2) is 21.5 Å². The summed E-state index contributed by atoms with van der Waals surface area (Å²) in [6, 6.07) is 1.87. The molecule has 1 saturated carbocycles. The third-order valence-electron chi connectivity index (χ3n) is 2.94. The fourth-order valence-corrected chi connectivity index (χ4v) is 2.35. The molecule has 0 unspecified atom stereocenters. The van der Waals surface area contributed by atoms with Crippen molar-refractivity contribution in [1.82, 2.24) is 0 Å². The Bertz CT molecular complexity index is 565. The molecule has 1 aromatic carbocycles. The topological polar surface area (TPSA) is 60.2 Å². The molecule has 0 spiro atoms. The van der Waals surface area contributed by atoms with Crippen LogP contribution < -0.4 is 5.73 Å². The van der Waals surface area contributed by atoms with E-state index in [-0.39, 0.29) is 16.9 Å². The number of hydrogen-bond acceptors (Lipinski definition) is 3. The minimum absolute atomic E-state index is 0.0328. The molecule has 6 heteroatoms. The van der Waals surface area contributed by atoms with Crippen molar-refractivity contribution < 1.29 is 17.2 Å². The zero-order chi connectivity index (χ0) is 12.8. The molecule has 0 bridgehead atoms. The van der Waals surface area contributed by atoms with Crippen molar-refractivity contribution in [1.29, 1.82) is 0 Å². The Morgan fingerprint density at radius 1 is 1.35 bits per heavy atom. The molecule has 0 aromatic heterocycles. The van der Waals surface area contributed by atoms with Gasteiger partial charge in [-0.2, -0.15) is 0 Å². The second kappa shape index (κ2) is 3.74. The summed E-state index contributed by atoms with van der Waals surface area (Å²) in [6.45, 7) is 0. The van der Waals surface area contributed by atoms with Crippen molar-refractivity contribution in [3.05, 3.63) is 29.3 Å². The maximum Gasteiger partial charge on any atom is 0.175 e. The first-order valence-electron chi connectivity index (χ1n) is 5.18. The highest BCUT2D eigenvalue weighted by molar-refractivity contribution is 7.90. The lowest BCUT2D eigenvalue weighted by Crippen LogP contribution is -2.25. The molecule has 0 aliphatic heterocycles. The van der Waals surface area contributed by atoms with Crippen LogP contribution in [0, 0.1) is 11.6 Å². The summed E-state index contributed by atoms with van der Waals surface area (Å²) in [7, 11) is -3.55. The van der Waals surface area contributed by atoms with Crippen LogP contribution in [0.1, 0.15) is 18.4 Å². The largest absolute Gasteiger partial charge is 0.325 e. The van der Waals surface area contributed by atoms with Gasteiger partial charge < -0.3 is 5.73 Å². The predicted octanol–water partition coefficient (Wildman–Crippen LogP) is 1.40. The van der Waals surface area contributed by atoms with Crippen molar-refractivity contribution in [3.63, 3.8) is 0 Å². The van der Waals surface area contributed by atoms with Gasteiger partial charge >= 0.3 is 0 Å². The second-order valence-electron chi connectivity index (χ2n) is 4.69. The van der Waals surface area contributed by atoms with Crippen LogP contribution in [0.2, 0.25) is 0 Å². The molecule has 17 heavy (non-hydrogen) atoms. The summed E-state index contributed by atoms with van der Waals surface area (Å²) in [4.78, 5) is -0.212. The van der Waals surface area contributed by atoms with Crippen LogP contribution in [0.3, 0.4) is 0 Å². The van der Waals surface area contributed by atoms with E-state index < -0.39 is 27.0 Å². The van der Waals surface area contributed by atoms with E-state index >= 15 is 0 Å². The zero-order valence-electron chi connectivity index (χ0n) is 9.33. The number of halogens is 2. The fourth-order valence-electron chi connectivity index (χ4n) is 1.68. The normalized spacial score (nSPS) is 18.1. The minimum Gasteiger partial charge on any atom is -0.325 e. The minimum atomic E-state index is -3.55. The van der Waals surface area contributed by atoms with Crippen molar-refractivity contribution in [2.24, 2.45) is 5.73 Å². The van der Waals surface area contributed by atoms with Gasteiger partial charge in [0.1, 0.15) is 0 Å². The Hall–Kier alpha value is -1.01. The Labute approximate surface area is 98.5 Å². The van der Waals surface area contributed by atoms with Crippen molar-refractivity contribution in [2.45, 2.75) is 29.7 Å². The van der Waals surface area contributed by atoms with Crippen LogP contribution >= 0.6 is 0 Å². The summed E-state index contributed by atoms with van der Waals surface area (Å²) < 4.78 is 49.4. The highest BCUT2D eigenvalue weighted by atomic mass is 32.2. The molecule has 0 amide bonds. The molecule has 3 nitrogen and oxygen atoms in total. The molecule has 1 aromatic rings. The maximum atomic E-state index is 13.5. The summed E-state index contributed by atoms with van der Waals surface area (Å²) in [5.74, 6) is -2.15. The molecule has 1 fully saturated rings. The third-order valence-corrected chi connectivity index (χ3v) is 4.03. The lowest BCUT2D eigenvalue weighted by Gasteiger charge is -2.11. The third kappa shape index (κ3) is 2.63. The SMILES string of the molecule is CS(=O)(=O)c1cc(F)c(F)c(CC2(N)CC2)c1. The molecule has 0 radical (unpaired) electrons. The van der Waals surface area contributed by atoms with Gasteiger partial charge in [-0.05, 0) is 37.0 Å². The Morgan fingerprint density at radius 3 is 2.41 bits per heavy atom. The molecule has 0 atom stereocenters. The zero-order valence-corrected chi connectivity index (χ0v) is 10.2. The average Bonchev–Trinajstić information content (AvgIpc) is 2.89. The van der Waals surface area contributed by atoms with Crippen molar-refractivity contribution >= 4 is 9.84 Å². The Kier molecular flexibility index (Phi) is 2.74. The summed E-state index contributed by atoms with van der Waals surface area (Å²) in [6.07, 6.45) is 2.62. The first-order valence-corrected chi connectivity index (χ1v) is 7.07. The van der Waals surface area contributed by atoms with E-state index in [1.165, 1.54) is 6.07 Å². The first-order chi connectivity index (χ1) is 7.71. The lowest BCUT2D eigenvalue weighted by molar-refractivity contribution is 0.487. The van der Waals surface area contributed by atoms with Crippen LogP contribution in [0.5, 0.6) is 0 Å². The van der Waals surface area contributed by atoms with Crippen LogP contribution in [0.4, 0.5) is 8.78 Å². The average molecular weight is 261 g/mol. The fraction of sp³-hybridized carbons (Fsp3) is 0.455. The Balaban J connectivity index is 2.47. The lowest BCUT2D eigenvalue weighted by atomic mass is 10.0. The summed E-state index contributed by atoms with van der Waals surface area (Å²) >= 11 is 0. The highest BCUT2D eigenvalue weighted by Crippen LogP contribution is 2.36. The summed E-state index contributed by atoms with van der Waals surface area (Å²) in [5, 5.41) is 0. The molecule has 2 rings (SSSR count). The van der Waals surface area contributed by atoms with E-state index in [0.29, 0.717) is 6.07 Å². The van der Waals surface area contributed by atoms with E-state index in [9.17, 15) is 17.2 Å². The van der Waals surface area contributed by atoms with E-state index in [4.69, 9.17) is 5.73 Å². The van der Waals surface area contributed by atoms with E-state index in [1.807, 2.05) is 0 Å². The molecule has 1 aliphatic carbocycles. The van der Waals surface area contributed by atoms with Crippen LogP contribution in [0.15, 0.2) is 17.0 Å². The number of sulfone groups is 1. The number of nitrogens with two attached hydrogens (primary N) is 1. The van der Waals surface area contributed by atoms with E-state index in [1.54, 1.807) is 0 Å². The van der Waals surface area contributed by atoms with Gasteiger partial charge in [-0.3, -0.25) is 0 Å². The number of rotatable bonds is 3. The quantitative estimate of drug-likeness (QED) is 0.837. The molecule has 2 N–H and O–H groups in total. The Morgan fingerprint density at radius 2 is 1.94 bits per heavy atom. The van der Waals surface area contributed by atoms with Gasteiger partial charge in [0, 0.05) is 11.8 Å². The van der Waals surface area contributed by atoms with Gasteiger partial charge in [-0.15, -0.1) is 0 Å². The van der Waals surface area contributed by atoms with Crippen molar-refractivity contribution in [3.8, 4) is 0 Å². The second-order valence-corrected chi connectivity index (χ2v) is 6.71. The standard InChI is InChI=1S/C11H13F2NO2S/c1-17(15,16)8-4-7(6-11(14)2-3-11)10(13)9(12)5-8/h4-5H,2-3,6,14H2,1H3. The molecule has 1 aliphatic rings. The van der Waals surface area contributed by atoms with Gasteiger partial charge in [0.25, 0.3) is 0 Å². The van der Waals surface area contributed by atoms with Crippen LogP contribution in [0.25, 0.3) is 0 Å². The van der Waals surface area contributed by atoms with Gasteiger partial charge in [-0.25, -0.2) is 17.2 Å². The van der Waals surface area contributed by atoms with Gasteiger partial charge in [-0.1, -0.05) is 0 Å². The maximum absolute atomic E-state index is 13.5. The molecule has 0 heterocycles. The van der Waals surface area contributed by atoms with Crippen LogP contribution in [-0.4, -0.2) is 20.2 Å². The van der Waals surface area contributed by atoms with E-state index in [0.717, 1.165) is 19.1 Å². The molecule has 94 valence electrons. The van der Waals surface area contributed by atoms with E-state index in [2.05, 4.69) is 0 Å². The molecular weight excluding hydrogens is 248 g/mol. The molecular formula is C11H13F2NO2S. The number of hydrogen-bond donors (Lipinski definition) is 1. The van der Waals surface area contributed by atoms with Gasteiger partial charge in [0.05, 0.1) is 4.90 Å². The van der Waals surface area contributed by atoms with Gasteiger partial charge in [0.2, 0.25) is 0 Å². The molecule has 0 saturated heterocycles. The first kappa shape index (κ1) is 12.4.